The van der Waals surface area contributed by atoms with E-state index in [2.05, 4.69) is 18.7 Å². The lowest BCUT2D eigenvalue weighted by atomic mass is 9.85. The van der Waals surface area contributed by atoms with E-state index in [1.165, 1.54) is 12.5 Å². The van der Waals surface area contributed by atoms with Gasteiger partial charge in [-0.05, 0) is 48.4 Å². The molecule has 1 N–H and O–H groups in total. The molecule has 1 saturated heterocycles. The third kappa shape index (κ3) is 3.22. The van der Waals surface area contributed by atoms with E-state index in [1.807, 2.05) is 6.07 Å². The number of halogens is 1. The molecule has 0 aromatic heterocycles. The van der Waals surface area contributed by atoms with Crippen molar-refractivity contribution < 1.29 is 9.50 Å². The molecule has 0 atom stereocenters. The Kier molecular flexibility index (Phi) is 3.91. The highest BCUT2D eigenvalue weighted by Gasteiger charge is 2.23. The Morgan fingerprint density at radius 1 is 1.22 bits per heavy atom. The van der Waals surface area contributed by atoms with Crippen LogP contribution in [0.2, 0.25) is 0 Å². The van der Waals surface area contributed by atoms with Crippen LogP contribution in [0.1, 0.15) is 38.7 Å². The van der Waals surface area contributed by atoms with E-state index in [4.69, 9.17) is 5.11 Å². The van der Waals surface area contributed by atoms with Gasteiger partial charge in [0.1, 0.15) is 5.82 Å². The number of rotatable bonds is 2. The second kappa shape index (κ2) is 5.27. The van der Waals surface area contributed by atoms with Gasteiger partial charge in [-0.15, -0.1) is 0 Å². The Balaban J connectivity index is 2.18. The summed E-state index contributed by atoms with van der Waals surface area (Å²) in [6.45, 7) is 6.41. The van der Waals surface area contributed by atoms with Crippen LogP contribution >= 0.6 is 0 Å². The molecule has 18 heavy (non-hydrogen) atoms. The summed E-state index contributed by atoms with van der Waals surface area (Å²) in [6.07, 6.45) is 3.47. The van der Waals surface area contributed by atoms with Crippen LogP contribution < -0.4 is 4.90 Å². The van der Waals surface area contributed by atoms with Crippen molar-refractivity contribution in [2.45, 2.75) is 39.7 Å². The number of hydrogen-bond donors (Lipinski definition) is 1. The van der Waals surface area contributed by atoms with Gasteiger partial charge in [0.25, 0.3) is 0 Å². The van der Waals surface area contributed by atoms with Crippen molar-refractivity contribution in [3.63, 3.8) is 0 Å². The van der Waals surface area contributed by atoms with Gasteiger partial charge in [0.2, 0.25) is 0 Å². The predicted octanol–water partition coefficient (Wildman–Crippen LogP) is 3.33. The molecule has 100 valence electrons. The standard InChI is InChI=1S/C15H22FNO/c1-15(2)4-3-6-17(7-5-15)14-9-12(11-18)8-13(16)10-14/h8-10,18H,3-7,11H2,1-2H3. The molecule has 0 aliphatic carbocycles. The van der Waals surface area contributed by atoms with Gasteiger partial charge in [0, 0.05) is 18.8 Å². The fourth-order valence-electron chi connectivity index (χ4n) is 2.59. The van der Waals surface area contributed by atoms with Gasteiger partial charge in [0.15, 0.2) is 0 Å². The van der Waals surface area contributed by atoms with Gasteiger partial charge in [-0.1, -0.05) is 13.8 Å². The molecule has 1 aromatic carbocycles. The van der Waals surface area contributed by atoms with E-state index in [-0.39, 0.29) is 12.4 Å². The Hall–Kier alpha value is -1.09. The maximum atomic E-state index is 13.5. The Morgan fingerprint density at radius 2 is 2.00 bits per heavy atom. The number of hydrogen-bond acceptors (Lipinski definition) is 2. The second-order valence-corrected chi connectivity index (χ2v) is 5.98. The van der Waals surface area contributed by atoms with Crippen LogP contribution in [0.25, 0.3) is 0 Å². The van der Waals surface area contributed by atoms with E-state index >= 15 is 0 Å². The molecule has 1 aromatic rings. The maximum Gasteiger partial charge on any atom is 0.125 e. The Bertz CT molecular complexity index is 417. The topological polar surface area (TPSA) is 23.5 Å². The van der Waals surface area contributed by atoms with E-state index < -0.39 is 0 Å². The van der Waals surface area contributed by atoms with Crippen LogP contribution in [0, 0.1) is 11.2 Å². The summed E-state index contributed by atoms with van der Waals surface area (Å²) in [4.78, 5) is 2.23. The van der Waals surface area contributed by atoms with Crippen molar-refractivity contribution in [1.82, 2.24) is 0 Å². The molecule has 0 unspecified atom stereocenters. The van der Waals surface area contributed by atoms with Gasteiger partial charge in [-0.3, -0.25) is 0 Å². The first kappa shape index (κ1) is 13.3. The molecular formula is C15H22FNO. The average Bonchev–Trinajstić information content (AvgIpc) is 2.49. The summed E-state index contributed by atoms with van der Waals surface area (Å²) < 4.78 is 13.5. The number of anilines is 1. The van der Waals surface area contributed by atoms with E-state index in [1.54, 1.807) is 6.07 Å². The maximum absolute atomic E-state index is 13.5. The SMILES string of the molecule is CC1(C)CCCN(c2cc(F)cc(CO)c2)CC1. The number of aliphatic hydroxyl groups is 1. The minimum atomic E-state index is -0.264. The largest absolute Gasteiger partial charge is 0.392 e. The normalized spacial score (nSPS) is 19.7. The molecule has 2 nitrogen and oxygen atoms in total. The molecule has 1 aliphatic heterocycles. The molecule has 3 heteroatoms. The van der Waals surface area contributed by atoms with Gasteiger partial charge < -0.3 is 10.0 Å². The first-order valence-corrected chi connectivity index (χ1v) is 6.65. The van der Waals surface area contributed by atoms with E-state index in [0.29, 0.717) is 11.0 Å². The number of benzene rings is 1. The highest BCUT2D eigenvalue weighted by molar-refractivity contribution is 5.49. The fraction of sp³-hybridized carbons (Fsp3) is 0.600. The molecule has 0 bridgehead atoms. The van der Waals surface area contributed by atoms with Crippen LogP contribution in [0.4, 0.5) is 10.1 Å². The van der Waals surface area contributed by atoms with Crippen LogP contribution in [-0.4, -0.2) is 18.2 Å². The molecule has 0 saturated carbocycles. The van der Waals surface area contributed by atoms with Crippen LogP contribution in [0.3, 0.4) is 0 Å². The third-order valence-corrected chi connectivity index (χ3v) is 3.83. The van der Waals surface area contributed by atoms with Crippen LogP contribution in [0.5, 0.6) is 0 Å². The van der Waals surface area contributed by atoms with Gasteiger partial charge in [0.05, 0.1) is 6.61 Å². The second-order valence-electron chi connectivity index (χ2n) is 5.98. The lowest BCUT2D eigenvalue weighted by Gasteiger charge is -2.25. The Morgan fingerprint density at radius 3 is 2.72 bits per heavy atom. The van der Waals surface area contributed by atoms with Crippen LogP contribution in [0.15, 0.2) is 18.2 Å². The zero-order valence-electron chi connectivity index (χ0n) is 11.2. The lowest BCUT2D eigenvalue weighted by molar-refractivity contribution is 0.281. The quantitative estimate of drug-likeness (QED) is 0.871. The van der Waals surface area contributed by atoms with Crippen molar-refractivity contribution in [2.24, 2.45) is 5.41 Å². The number of aliphatic hydroxyl groups excluding tert-OH is 1. The number of nitrogens with zero attached hydrogens (tertiary/aromatic N) is 1. The minimum Gasteiger partial charge on any atom is -0.392 e. The van der Waals surface area contributed by atoms with Gasteiger partial charge in [-0.25, -0.2) is 4.39 Å². The lowest BCUT2D eigenvalue weighted by Crippen LogP contribution is -2.25. The van der Waals surface area contributed by atoms with Crippen molar-refractivity contribution in [2.75, 3.05) is 18.0 Å². The van der Waals surface area contributed by atoms with E-state index in [0.717, 1.165) is 31.6 Å². The molecule has 0 spiro atoms. The van der Waals surface area contributed by atoms with Gasteiger partial charge in [-0.2, -0.15) is 0 Å². The van der Waals surface area contributed by atoms with Gasteiger partial charge >= 0.3 is 0 Å². The molecule has 0 amide bonds. The summed E-state index contributed by atoms with van der Waals surface area (Å²) in [5.74, 6) is -0.264. The third-order valence-electron chi connectivity index (χ3n) is 3.83. The van der Waals surface area contributed by atoms with Crippen LogP contribution in [-0.2, 0) is 6.61 Å². The molecular weight excluding hydrogens is 229 g/mol. The highest BCUT2D eigenvalue weighted by Crippen LogP contribution is 2.32. The summed E-state index contributed by atoms with van der Waals surface area (Å²) in [7, 11) is 0. The van der Waals surface area contributed by atoms with E-state index in [9.17, 15) is 4.39 Å². The zero-order valence-corrected chi connectivity index (χ0v) is 11.2. The average molecular weight is 251 g/mol. The zero-order chi connectivity index (χ0) is 13.2. The molecule has 1 aliphatic rings. The molecule has 0 radical (unpaired) electrons. The first-order chi connectivity index (χ1) is 8.50. The molecule has 1 fully saturated rings. The summed E-state index contributed by atoms with van der Waals surface area (Å²) in [6, 6.07) is 4.85. The molecule has 2 rings (SSSR count). The van der Waals surface area contributed by atoms with Crippen molar-refractivity contribution in [1.29, 1.82) is 0 Å². The summed E-state index contributed by atoms with van der Waals surface area (Å²) in [5, 5.41) is 9.14. The minimum absolute atomic E-state index is 0.107. The monoisotopic (exact) mass is 251 g/mol. The van der Waals surface area contributed by atoms with Crippen molar-refractivity contribution >= 4 is 5.69 Å². The summed E-state index contributed by atoms with van der Waals surface area (Å²) in [5.41, 5.74) is 1.92. The summed E-state index contributed by atoms with van der Waals surface area (Å²) >= 11 is 0. The fourth-order valence-corrected chi connectivity index (χ4v) is 2.59. The smallest absolute Gasteiger partial charge is 0.125 e. The Labute approximate surface area is 108 Å². The first-order valence-electron chi connectivity index (χ1n) is 6.65. The highest BCUT2D eigenvalue weighted by atomic mass is 19.1. The van der Waals surface area contributed by atoms with Crippen molar-refractivity contribution in [3.8, 4) is 0 Å². The van der Waals surface area contributed by atoms with Crippen molar-refractivity contribution in [3.05, 3.63) is 29.6 Å². The molecule has 1 heterocycles. The predicted molar refractivity (Wildman–Crippen MR) is 72.2 cm³/mol.